The van der Waals surface area contributed by atoms with Crippen LogP contribution in [0.2, 0.25) is 0 Å². The molecule has 2 aromatic heterocycles. The average Bonchev–Trinajstić information content (AvgIpc) is 2.90. The number of esters is 2. The summed E-state index contributed by atoms with van der Waals surface area (Å²) < 4.78 is 14.4. The van der Waals surface area contributed by atoms with Gasteiger partial charge in [0, 0.05) is 11.8 Å². The van der Waals surface area contributed by atoms with Gasteiger partial charge in [-0.1, -0.05) is 11.2 Å². The van der Waals surface area contributed by atoms with Crippen LogP contribution < -0.4 is 0 Å². The Hall–Kier alpha value is -2.70. The molecule has 0 N–H and O–H groups in total. The van der Waals surface area contributed by atoms with Gasteiger partial charge in [-0.05, 0) is 12.1 Å². The molecule has 2 aromatic rings. The van der Waals surface area contributed by atoms with Crippen molar-refractivity contribution in [1.29, 1.82) is 0 Å². The van der Waals surface area contributed by atoms with Crippen molar-refractivity contribution < 1.29 is 23.6 Å². The number of carbonyl (C=O) groups is 2. The minimum Gasteiger partial charge on any atom is -0.469 e. The summed E-state index contributed by atoms with van der Waals surface area (Å²) in [5.74, 6) is -0.667. The lowest BCUT2D eigenvalue weighted by Crippen LogP contribution is -2.10. The maximum Gasteiger partial charge on any atom is 0.313 e. The number of pyridine rings is 1. The summed E-state index contributed by atoms with van der Waals surface area (Å²) >= 11 is 0. The molecule has 21 heavy (non-hydrogen) atoms. The molecule has 0 spiro atoms. The van der Waals surface area contributed by atoms with Crippen LogP contribution in [0.1, 0.15) is 11.3 Å². The fraction of sp³-hybridized carbons (Fsp3) is 0.286. The second-order valence-electron chi connectivity index (χ2n) is 4.15. The number of ether oxygens (including phenoxy) is 2. The third-order valence-electron chi connectivity index (χ3n) is 2.86. The van der Waals surface area contributed by atoms with E-state index in [1.165, 1.54) is 14.2 Å². The largest absolute Gasteiger partial charge is 0.469 e. The molecule has 7 nitrogen and oxygen atoms in total. The van der Waals surface area contributed by atoms with E-state index in [-0.39, 0.29) is 18.6 Å². The Morgan fingerprint density at radius 2 is 1.86 bits per heavy atom. The van der Waals surface area contributed by atoms with E-state index >= 15 is 0 Å². The third kappa shape index (κ3) is 3.44. The summed E-state index contributed by atoms with van der Waals surface area (Å²) in [6.07, 6.45) is 1.44. The summed E-state index contributed by atoms with van der Waals surface area (Å²) in [4.78, 5) is 27.1. The smallest absolute Gasteiger partial charge is 0.313 e. The van der Waals surface area contributed by atoms with Gasteiger partial charge in [0.25, 0.3) is 0 Å². The molecule has 0 fully saturated rings. The van der Waals surface area contributed by atoms with Gasteiger partial charge in [0.1, 0.15) is 12.1 Å². The second-order valence-corrected chi connectivity index (χ2v) is 4.15. The Morgan fingerprint density at radius 3 is 2.48 bits per heavy atom. The number of carbonyl (C=O) groups excluding carboxylic acids is 2. The Bertz CT molecular complexity index is 636. The molecule has 0 unspecified atom stereocenters. The third-order valence-corrected chi connectivity index (χ3v) is 2.86. The van der Waals surface area contributed by atoms with Crippen LogP contribution in [0.5, 0.6) is 0 Å². The molecule has 0 aliphatic rings. The molecule has 0 aromatic carbocycles. The monoisotopic (exact) mass is 290 g/mol. The summed E-state index contributed by atoms with van der Waals surface area (Å²) in [7, 11) is 2.56. The first kappa shape index (κ1) is 14.7. The minimum atomic E-state index is -0.482. The van der Waals surface area contributed by atoms with Crippen LogP contribution >= 0.6 is 0 Å². The van der Waals surface area contributed by atoms with Gasteiger partial charge in [0.15, 0.2) is 5.76 Å². The summed E-state index contributed by atoms with van der Waals surface area (Å²) in [6.45, 7) is 0. The summed E-state index contributed by atoms with van der Waals surface area (Å²) in [6, 6.07) is 5.29. The Balaban J connectivity index is 2.40. The molecule has 2 rings (SSSR count). The molecule has 0 atom stereocenters. The van der Waals surface area contributed by atoms with E-state index in [4.69, 9.17) is 4.52 Å². The zero-order valence-electron chi connectivity index (χ0n) is 11.7. The highest BCUT2D eigenvalue weighted by Crippen LogP contribution is 2.25. The molecule has 7 heteroatoms. The first-order valence-corrected chi connectivity index (χ1v) is 6.18. The highest BCUT2D eigenvalue weighted by atomic mass is 16.5. The molecule has 0 saturated carbocycles. The quantitative estimate of drug-likeness (QED) is 0.763. The number of methoxy groups -OCH3 is 2. The maximum absolute atomic E-state index is 11.5. The van der Waals surface area contributed by atoms with E-state index in [0.717, 1.165) is 0 Å². The van der Waals surface area contributed by atoms with E-state index in [2.05, 4.69) is 19.6 Å². The average molecular weight is 290 g/mol. The minimum absolute atomic E-state index is 0.0573. The van der Waals surface area contributed by atoms with Gasteiger partial charge in [-0.3, -0.25) is 14.6 Å². The number of hydrogen-bond donors (Lipinski definition) is 0. The highest BCUT2D eigenvalue weighted by molar-refractivity contribution is 5.78. The van der Waals surface area contributed by atoms with Crippen molar-refractivity contribution in [2.45, 2.75) is 12.8 Å². The van der Waals surface area contributed by atoms with E-state index in [1.54, 1.807) is 24.4 Å². The number of hydrogen-bond acceptors (Lipinski definition) is 7. The van der Waals surface area contributed by atoms with Gasteiger partial charge in [0.05, 0.1) is 26.3 Å². The molecule has 0 bridgehead atoms. The van der Waals surface area contributed by atoms with Crippen LogP contribution in [0.3, 0.4) is 0 Å². The van der Waals surface area contributed by atoms with Crippen molar-refractivity contribution in [3.05, 3.63) is 35.7 Å². The van der Waals surface area contributed by atoms with Crippen LogP contribution in [0.15, 0.2) is 28.9 Å². The van der Waals surface area contributed by atoms with Crippen LogP contribution in [0.25, 0.3) is 11.4 Å². The molecule has 2 heterocycles. The molecule has 0 saturated heterocycles. The molecular weight excluding hydrogens is 276 g/mol. The molecular formula is C14H14N2O5. The van der Waals surface area contributed by atoms with E-state index in [9.17, 15) is 9.59 Å². The first-order valence-electron chi connectivity index (χ1n) is 6.18. The predicted octanol–water partition coefficient (Wildman–Crippen LogP) is 1.17. The normalized spacial score (nSPS) is 10.2. The lowest BCUT2D eigenvalue weighted by atomic mass is 10.1. The zero-order chi connectivity index (χ0) is 15.2. The van der Waals surface area contributed by atoms with Crippen molar-refractivity contribution in [2.75, 3.05) is 14.2 Å². The maximum atomic E-state index is 11.5. The van der Waals surface area contributed by atoms with Gasteiger partial charge in [-0.25, -0.2) is 0 Å². The van der Waals surface area contributed by atoms with Crippen LogP contribution in [0, 0.1) is 0 Å². The van der Waals surface area contributed by atoms with Crippen molar-refractivity contribution >= 4 is 11.9 Å². The topological polar surface area (TPSA) is 91.5 Å². The summed E-state index contributed by atoms with van der Waals surface area (Å²) in [5.41, 5.74) is 1.45. The molecule has 0 amide bonds. The SMILES string of the molecule is COC(=O)Cc1onc(-c2ccccn2)c1CC(=O)OC. The van der Waals surface area contributed by atoms with Crippen molar-refractivity contribution in [1.82, 2.24) is 10.1 Å². The molecule has 0 radical (unpaired) electrons. The molecule has 0 aliphatic heterocycles. The fourth-order valence-electron chi connectivity index (χ4n) is 1.79. The van der Waals surface area contributed by atoms with Gasteiger partial charge >= 0.3 is 11.9 Å². The van der Waals surface area contributed by atoms with Crippen molar-refractivity contribution in [2.24, 2.45) is 0 Å². The van der Waals surface area contributed by atoms with E-state index in [1.807, 2.05) is 0 Å². The Morgan fingerprint density at radius 1 is 1.14 bits per heavy atom. The Labute approximate surface area is 120 Å². The van der Waals surface area contributed by atoms with E-state index < -0.39 is 11.9 Å². The zero-order valence-corrected chi connectivity index (χ0v) is 11.7. The number of rotatable bonds is 5. The summed E-state index contributed by atoms with van der Waals surface area (Å²) in [5, 5.41) is 3.91. The van der Waals surface area contributed by atoms with Gasteiger partial charge in [-0.15, -0.1) is 0 Å². The van der Waals surface area contributed by atoms with Gasteiger partial charge in [0.2, 0.25) is 0 Å². The van der Waals surface area contributed by atoms with Crippen molar-refractivity contribution in [3.8, 4) is 11.4 Å². The standard InChI is InChI=1S/C14H14N2O5/c1-19-12(17)7-9-11(8-13(18)20-2)21-16-14(9)10-5-3-4-6-15-10/h3-6H,7-8H2,1-2H3. The number of nitrogens with zero attached hydrogens (tertiary/aromatic N) is 2. The predicted molar refractivity (Wildman–Crippen MR) is 71.2 cm³/mol. The van der Waals surface area contributed by atoms with Gasteiger partial charge < -0.3 is 14.0 Å². The van der Waals surface area contributed by atoms with E-state index in [0.29, 0.717) is 17.0 Å². The van der Waals surface area contributed by atoms with Crippen LogP contribution in [0.4, 0.5) is 0 Å². The second kappa shape index (κ2) is 6.65. The lowest BCUT2D eigenvalue weighted by molar-refractivity contribution is -0.141. The molecule has 0 aliphatic carbocycles. The van der Waals surface area contributed by atoms with Gasteiger partial charge in [-0.2, -0.15) is 0 Å². The highest BCUT2D eigenvalue weighted by Gasteiger charge is 2.23. The molecule has 110 valence electrons. The van der Waals surface area contributed by atoms with Crippen LogP contribution in [-0.4, -0.2) is 36.3 Å². The van der Waals surface area contributed by atoms with Crippen LogP contribution in [-0.2, 0) is 31.9 Å². The fourth-order valence-corrected chi connectivity index (χ4v) is 1.79. The Kier molecular flexibility index (Phi) is 4.65. The number of aromatic nitrogens is 2. The first-order chi connectivity index (χ1) is 10.2. The lowest BCUT2D eigenvalue weighted by Gasteiger charge is -2.02. The van der Waals surface area contributed by atoms with Crippen molar-refractivity contribution in [3.63, 3.8) is 0 Å².